The molecule has 2 atom stereocenters. The smallest absolute Gasteiger partial charge is 0.307 e. The number of hydrogen-bond donors (Lipinski definition) is 2. The normalized spacial score (nSPS) is 21.3. The van der Waals surface area contributed by atoms with Crippen LogP contribution in [0.1, 0.15) is 19.4 Å². The van der Waals surface area contributed by atoms with Crippen molar-refractivity contribution in [2.75, 3.05) is 13.1 Å². The third-order valence-electron chi connectivity index (χ3n) is 3.41. The van der Waals surface area contributed by atoms with E-state index in [1.165, 1.54) is 0 Å². The third kappa shape index (κ3) is 4.74. The summed E-state index contributed by atoms with van der Waals surface area (Å²) in [5.74, 6) is -6.38. The highest BCUT2D eigenvalue weighted by Crippen LogP contribution is 2.35. The zero-order valence-corrected chi connectivity index (χ0v) is 13.7. The van der Waals surface area contributed by atoms with Crippen molar-refractivity contribution in [3.63, 3.8) is 0 Å². The molecule has 2 unspecified atom stereocenters. The van der Waals surface area contributed by atoms with E-state index in [0.29, 0.717) is 0 Å². The van der Waals surface area contributed by atoms with Gasteiger partial charge in [0.25, 0.3) is 5.92 Å². The van der Waals surface area contributed by atoms with Crippen molar-refractivity contribution in [2.24, 2.45) is 11.8 Å². The van der Waals surface area contributed by atoms with Crippen molar-refractivity contribution >= 4 is 21.9 Å². The van der Waals surface area contributed by atoms with Gasteiger partial charge in [-0.05, 0) is 24.1 Å². The number of carboxylic acids is 1. The van der Waals surface area contributed by atoms with Crippen LogP contribution in [0.4, 0.5) is 8.78 Å². The SMILES string of the molecule is CC.O=C(O)C(Cc1cccc(Br)c1)C1CNCC1(F)F. The first kappa shape index (κ1) is 18.0. The van der Waals surface area contributed by atoms with Crippen LogP contribution in [0.25, 0.3) is 0 Å². The average Bonchev–Trinajstić information content (AvgIpc) is 2.77. The Morgan fingerprint density at radius 1 is 1.52 bits per heavy atom. The summed E-state index contributed by atoms with van der Waals surface area (Å²) in [6.45, 7) is 3.60. The van der Waals surface area contributed by atoms with E-state index in [-0.39, 0.29) is 13.0 Å². The van der Waals surface area contributed by atoms with Gasteiger partial charge in [0.1, 0.15) is 0 Å². The molecule has 0 saturated carbocycles. The fourth-order valence-corrected chi connectivity index (χ4v) is 2.88. The Hall–Kier alpha value is -1.01. The Labute approximate surface area is 131 Å². The van der Waals surface area contributed by atoms with Crippen molar-refractivity contribution in [3.8, 4) is 0 Å². The third-order valence-corrected chi connectivity index (χ3v) is 3.91. The van der Waals surface area contributed by atoms with Gasteiger partial charge in [-0.1, -0.05) is 41.9 Å². The Balaban J connectivity index is 0.00000106. The Morgan fingerprint density at radius 2 is 2.19 bits per heavy atom. The number of alkyl halides is 2. The van der Waals surface area contributed by atoms with Gasteiger partial charge in [0.05, 0.1) is 18.4 Å². The Morgan fingerprint density at radius 3 is 2.67 bits per heavy atom. The molecule has 1 aromatic rings. The number of carbonyl (C=O) groups is 1. The topological polar surface area (TPSA) is 49.3 Å². The molecule has 2 rings (SSSR count). The lowest BCUT2D eigenvalue weighted by molar-refractivity contribution is -0.148. The van der Waals surface area contributed by atoms with Crippen LogP contribution >= 0.6 is 15.9 Å². The minimum Gasteiger partial charge on any atom is -0.481 e. The van der Waals surface area contributed by atoms with Crippen molar-refractivity contribution in [1.82, 2.24) is 5.32 Å². The van der Waals surface area contributed by atoms with Crippen LogP contribution in [0, 0.1) is 11.8 Å². The van der Waals surface area contributed by atoms with Gasteiger partial charge < -0.3 is 10.4 Å². The van der Waals surface area contributed by atoms with Crippen molar-refractivity contribution < 1.29 is 18.7 Å². The molecule has 0 aliphatic carbocycles. The van der Waals surface area contributed by atoms with Crippen LogP contribution in [0.5, 0.6) is 0 Å². The van der Waals surface area contributed by atoms with Crippen molar-refractivity contribution in [1.29, 1.82) is 0 Å². The molecule has 0 spiro atoms. The molecule has 1 aliphatic heterocycles. The van der Waals surface area contributed by atoms with Gasteiger partial charge in [-0.15, -0.1) is 0 Å². The molecule has 2 N–H and O–H groups in total. The van der Waals surface area contributed by atoms with E-state index in [2.05, 4.69) is 21.2 Å². The number of carboxylic acid groups (broad SMARTS) is 1. The molecule has 3 nitrogen and oxygen atoms in total. The molecule has 1 heterocycles. The lowest BCUT2D eigenvalue weighted by Crippen LogP contribution is -2.37. The van der Waals surface area contributed by atoms with Gasteiger partial charge in [0, 0.05) is 11.0 Å². The average molecular weight is 364 g/mol. The van der Waals surface area contributed by atoms with Gasteiger partial charge >= 0.3 is 5.97 Å². The van der Waals surface area contributed by atoms with Crippen LogP contribution in [0.2, 0.25) is 0 Å². The highest BCUT2D eigenvalue weighted by Gasteiger charge is 2.50. The molecule has 0 amide bonds. The van der Waals surface area contributed by atoms with Gasteiger partial charge in [0.2, 0.25) is 0 Å². The molecule has 0 aromatic heterocycles. The Kier molecular flexibility index (Phi) is 6.74. The predicted octanol–water partition coefficient (Wildman–Crippen LogP) is 3.57. The zero-order valence-electron chi connectivity index (χ0n) is 12.1. The van der Waals surface area contributed by atoms with Gasteiger partial charge in [-0.2, -0.15) is 0 Å². The van der Waals surface area contributed by atoms with Gasteiger partial charge in [-0.3, -0.25) is 4.79 Å². The maximum atomic E-state index is 13.7. The summed E-state index contributed by atoms with van der Waals surface area (Å²) in [5, 5.41) is 11.8. The van der Waals surface area contributed by atoms with Crippen molar-refractivity contribution in [2.45, 2.75) is 26.2 Å². The van der Waals surface area contributed by atoms with E-state index < -0.39 is 30.3 Å². The highest BCUT2D eigenvalue weighted by molar-refractivity contribution is 9.10. The number of hydrogen-bond acceptors (Lipinski definition) is 2. The molecular weight excluding hydrogens is 344 g/mol. The number of aliphatic carboxylic acids is 1. The summed E-state index contributed by atoms with van der Waals surface area (Å²) in [4.78, 5) is 11.3. The van der Waals surface area contributed by atoms with Crippen LogP contribution < -0.4 is 5.32 Å². The highest BCUT2D eigenvalue weighted by atomic mass is 79.9. The molecule has 1 saturated heterocycles. The summed E-state index contributed by atoms with van der Waals surface area (Å²) in [6.07, 6.45) is 0.108. The number of nitrogens with one attached hydrogen (secondary N) is 1. The quantitative estimate of drug-likeness (QED) is 0.859. The summed E-state index contributed by atoms with van der Waals surface area (Å²) in [5.41, 5.74) is 0.740. The van der Waals surface area contributed by atoms with Gasteiger partial charge in [0.15, 0.2) is 0 Å². The standard InChI is InChI=1S/C13H14BrF2NO2.C2H6/c14-9-3-1-2-8(4-9)5-10(12(18)19)11-6-17-7-13(11,15)16;1-2/h1-4,10-11,17H,5-7H2,(H,18,19);1-2H3. The van der Waals surface area contributed by atoms with Gasteiger partial charge in [-0.25, -0.2) is 8.78 Å². The van der Waals surface area contributed by atoms with E-state index in [0.717, 1.165) is 10.0 Å². The molecule has 21 heavy (non-hydrogen) atoms. The Bertz CT molecular complexity index is 482. The first-order valence-electron chi connectivity index (χ1n) is 6.96. The van der Waals surface area contributed by atoms with E-state index in [4.69, 9.17) is 0 Å². The first-order chi connectivity index (χ1) is 9.90. The second-order valence-electron chi connectivity index (χ2n) is 4.78. The molecule has 0 radical (unpaired) electrons. The maximum Gasteiger partial charge on any atom is 0.307 e. The minimum absolute atomic E-state index is 0.0397. The summed E-state index contributed by atoms with van der Waals surface area (Å²) >= 11 is 3.29. The predicted molar refractivity (Wildman–Crippen MR) is 81.6 cm³/mol. The molecule has 1 fully saturated rings. The molecule has 118 valence electrons. The second-order valence-corrected chi connectivity index (χ2v) is 5.69. The van der Waals surface area contributed by atoms with Crippen LogP contribution in [-0.4, -0.2) is 30.1 Å². The summed E-state index contributed by atoms with van der Waals surface area (Å²) in [7, 11) is 0. The van der Waals surface area contributed by atoms with Crippen LogP contribution in [0.3, 0.4) is 0 Å². The fraction of sp³-hybridized carbons (Fsp3) is 0.533. The van der Waals surface area contributed by atoms with Crippen LogP contribution in [-0.2, 0) is 11.2 Å². The number of benzene rings is 1. The van der Waals surface area contributed by atoms with E-state index in [9.17, 15) is 18.7 Å². The molecule has 1 aliphatic rings. The number of rotatable bonds is 4. The van der Waals surface area contributed by atoms with Crippen LogP contribution in [0.15, 0.2) is 28.7 Å². The van der Waals surface area contributed by atoms with E-state index >= 15 is 0 Å². The largest absolute Gasteiger partial charge is 0.481 e. The molecule has 6 heteroatoms. The molecule has 0 bridgehead atoms. The zero-order chi connectivity index (χ0) is 16.0. The lowest BCUT2D eigenvalue weighted by Gasteiger charge is -2.24. The fourth-order valence-electron chi connectivity index (χ4n) is 2.43. The molecular formula is C15H20BrF2NO2. The summed E-state index contributed by atoms with van der Waals surface area (Å²) in [6, 6.07) is 7.09. The van der Waals surface area contributed by atoms with E-state index in [1.54, 1.807) is 18.2 Å². The summed E-state index contributed by atoms with van der Waals surface area (Å²) < 4.78 is 28.1. The second kappa shape index (κ2) is 7.84. The van der Waals surface area contributed by atoms with Crippen molar-refractivity contribution in [3.05, 3.63) is 34.3 Å². The minimum atomic E-state index is -2.96. The van der Waals surface area contributed by atoms with E-state index in [1.807, 2.05) is 19.9 Å². The monoisotopic (exact) mass is 363 g/mol. The first-order valence-corrected chi connectivity index (χ1v) is 7.75. The lowest BCUT2D eigenvalue weighted by atomic mass is 9.84. The number of halogens is 3. The molecule has 1 aromatic carbocycles. The maximum absolute atomic E-state index is 13.7.